The van der Waals surface area contributed by atoms with Crippen molar-refractivity contribution < 1.29 is 9.84 Å². The number of benzene rings is 2. The van der Waals surface area contributed by atoms with Crippen LogP contribution in [0.25, 0.3) is 10.9 Å². The summed E-state index contributed by atoms with van der Waals surface area (Å²) < 4.78 is 7.50. The van der Waals surface area contributed by atoms with E-state index in [0.717, 1.165) is 16.3 Å². The molecule has 0 saturated heterocycles. The number of nitrogens with zero attached hydrogens (tertiary/aromatic N) is 3. The lowest BCUT2D eigenvalue weighted by atomic mass is 10.1. The van der Waals surface area contributed by atoms with Crippen LogP contribution in [-0.2, 0) is 19.4 Å². The van der Waals surface area contributed by atoms with Crippen LogP contribution in [0.2, 0.25) is 0 Å². The number of aromatic nitrogens is 5. The molecule has 9 nitrogen and oxygen atoms in total. The van der Waals surface area contributed by atoms with E-state index in [-0.39, 0.29) is 11.1 Å². The van der Waals surface area contributed by atoms with Crippen LogP contribution in [-0.4, -0.2) is 26.2 Å². The summed E-state index contributed by atoms with van der Waals surface area (Å²) in [7, 11) is 0. The van der Waals surface area contributed by atoms with Crippen LogP contribution >= 0.6 is 0 Å². The average molecular weight is 407 g/mol. The molecule has 0 atom stereocenters. The summed E-state index contributed by atoms with van der Waals surface area (Å²) in [6.07, 6.45) is 1.09. The summed E-state index contributed by atoms with van der Waals surface area (Å²) in [5, 5.41) is 5.79. The Balaban J connectivity index is 1.43. The Labute approximate surface area is 171 Å². The van der Waals surface area contributed by atoms with E-state index in [1.54, 1.807) is 10.6 Å². The predicted molar refractivity (Wildman–Crippen MR) is 112 cm³/mol. The Hall–Kier alpha value is -3.88. The highest BCUT2D eigenvalue weighted by Crippen LogP contribution is 2.14. The number of ether oxygens (including phenoxy) is 1. The first-order valence-corrected chi connectivity index (χ1v) is 9.73. The number of aryl methyl sites for hydroxylation is 1. The zero-order valence-electron chi connectivity index (χ0n) is 16.6. The van der Waals surface area contributed by atoms with Crippen molar-refractivity contribution in [3.63, 3.8) is 0 Å². The van der Waals surface area contributed by atoms with Gasteiger partial charge >= 0.3 is 5.56 Å². The van der Waals surface area contributed by atoms with Crippen molar-refractivity contribution in [3.05, 3.63) is 86.3 Å². The van der Waals surface area contributed by atoms with Crippen molar-refractivity contribution in [1.29, 1.82) is 0 Å². The van der Waals surface area contributed by atoms with E-state index in [9.17, 15) is 9.59 Å². The summed E-state index contributed by atoms with van der Waals surface area (Å²) in [5.74, 6) is 6.91. The van der Waals surface area contributed by atoms with Crippen LogP contribution in [0, 0.1) is 0 Å². The second-order valence-electron chi connectivity index (χ2n) is 6.93. The molecule has 2 aromatic heterocycles. The zero-order valence-corrected chi connectivity index (χ0v) is 16.6. The summed E-state index contributed by atoms with van der Waals surface area (Å²) in [5.41, 5.74) is 1.83. The molecule has 0 unspecified atom stereocenters. The molecule has 0 saturated carbocycles. The Kier molecular flexibility index (Phi) is 5.34. The lowest BCUT2D eigenvalue weighted by molar-refractivity contribution is -0.495. The third-order valence-corrected chi connectivity index (χ3v) is 4.90. The van der Waals surface area contributed by atoms with Gasteiger partial charge in [-0.25, -0.2) is 15.6 Å². The van der Waals surface area contributed by atoms with Crippen LogP contribution in [0.1, 0.15) is 24.0 Å². The molecule has 154 valence electrons. The topological polar surface area (TPSA) is 122 Å². The maximum Gasteiger partial charge on any atom is 0.360 e. The first kappa shape index (κ1) is 19.4. The Morgan fingerprint density at radius 3 is 2.60 bits per heavy atom. The molecule has 0 aliphatic rings. The van der Waals surface area contributed by atoms with E-state index in [1.165, 1.54) is 0 Å². The quantitative estimate of drug-likeness (QED) is 0.436. The van der Waals surface area contributed by atoms with Gasteiger partial charge in [-0.3, -0.25) is 9.36 Å². The van der Waals surface area contributed by atoms with Gasteiger partial charge in [0.05, 0.1) is 17.4 Å². The molecule has 0 aliphatic carbocycles. The molecule has 0 bridgehead atoms. The largest absolute Gasteiger partial charge is 0.492 e. The highest BCUT2D eigenvalue weighted by Gasteiger charge is 2.11. The van der Waals surface area contributed by atoms with Gasteiger partial charge in [-0.2, -0.15) is 5.10 Å². The first-order chi connectivity index (χ1) is 14.5. The van der Waals surface area contributed by atoms with E-state index in [4.69, 9.17) is 10.6 Å². The molecule has 9 heteroatoms. The Bertz CT molecular complexity index is 1290. The number of fused-ring (bicyclic) bond motifs is 1. The van der Waals surface area contributed by atoms with Gasteiger partial charge in [0.1, 0.15) is 18.2 Å². The molecule has 0 aliphatic heterocycles. The van der Waals surface area contributed by atoms with Crippen molar-refractivity contribution in [1.82, 2.24) is 19.6 Å². The van der Waals surface area contributed by atoms with Gasteiger partial charge in [0.2, 0.25) is 0 Å². The number of rotatable bonds is 7. The van der Waals surface area contributed by atoms with Crippen LogP contribution in [0.15, 0.2) is 58.1 Å². The number of nitrogens with two attached hydrogens (primary N) is 1. The second-order valence-corrected chi connectivity index (χ2v) is 6.93. The number of H-pyrrole nitrogens is 2. The Morgan fingerprint density at radius 1 is 1.13 bits per heavy atom. The predicted octanol–water partition coefficient (Wildman–Crippen LogP) is 0.646. The van der Waals surface area contributed by atoms with Crippen LogP contribution in [0.3, 0.4) is 0 Å². The number of nitrogen functional groups attached to an aromatic ring is 1. The fraction of sp³-hybridized carbons (Fsp3) is 0.238. The third-order valence-electron chi connectivity index (χ3n) is 4.90. The second kappa shape index (κ2) is 8.24. The zero-order chi connectivity index (χ0) is 21.1. The number of para-hydroxylation sites is 1. The molecule has 30 heavy (non-hydrogen) atoms. The maximum atomic E-state index is 12.8. The molecule has 4 N–H and O–H groups in total. The first-order valence-electron chi connectivity index (χ1n) is 9.73. The minimum absolute atomic E-state index is 0.0512. The van der Waals surface area contributed by atoms with Crippen molar-refractivity contribution in [2.45, 2.75) is 26.3 Å². The molecule has 4 rings (SSSR count). The van der Waals surface area contributed by atoms with Crippen molar-refractivity contribution in [2.24, 2.45) is 0 Å². The van der Waals surface area contributed by atoms with Gasteiger partial charge < -0.3 is 4.74 Å². The number of hydrogen-bond donors (Lipinski definition) is 2. The van der Waals surface area contributed by atoms with E-state index in [0.29, 0.717) is 48.3 Å². The normalized spacial score (nSPS) is 11.1. The minimum atomic E-state index is -0.251. The van der Waals surface area contributed by atoms with Crippen molar-refractivity contribution >= 4 is 10.9 Å². The molecule has 0 fully saturated rings. The Morgan fingerprint density at radius 2 is 1.90 bits per heavy atom. The molecule has 4 aromatic rings. The van der Waals surface area contributed by atoms with Crippen molar-refractivity contribution in [3.8, 4) is 5.75 Å². The van der Waals surface area contributed by atoms with Crippen LogP contribution in [0.4, 0.5) is 0 Å². The molecular weight excluding hydrogens is 384 g/mol. The summed E-state index contributed by atoms with van der Waals surface area (Å²) in [4.78, 5) is 30.2. The molecule has 2 heterocycles. The van der Waals surface area contributed by atoms with E-state index in [1.807, 2.05) is 49.4 Å². The van der Waals surface area contributed by atoms with Gasteiger partial charge in [-0.1, -0.05) is 31.2 Å². The smallest absolute Gasteiger partial charge is 0.360 e. The maximum absolute atomic E-state index is 12.8. The minimum Gasteiger partial charge on any atom is -0.492 e. The average Bonchev–Trinajstić information content (AvgIpc) is 3.07. The van der Waals surface area contributed by atoms with E-state index < -0.39 is 0 Å². The SMILES string of the molecule is CCc1nc2ccccc2c(=O)n1CCOc1ccc(Cc2[nH+]n(N)[nH]c2=O)cc1. The lowest BCUT2D eigenvalue weighted by Crippen LogP contribution is -2.29. The molecule has 0 amide bonds. The van der Waals surface area contributed by atoms with Crippen LogP contribution in [0.5, 0.6) is 5.75 Å². The van der Waals surface area contributed by atoms with Gasteiger partial charge in [-0.05, 0) is 29.8 Å². The van der Waals surface area contributed by atoms with Gasteiger partial charge in [0, 0.05) is 17.7 Å². The van der Waals surface area contributed by atoms with Gasteiger partial charge in [0.25, 0.3) is 5.56 Å². The van der Waals surface area contributed by atoms with Gasteiger partial charge in [-0.15, -0.1) is 5.10 Å². The number of nitrogens with one attached hydrogen (secondary N) is 2. The highest BCUT2D eigenvalue weighted by atomic mass is 16.5. The molecular formula is C21H23N6O3+. The summed E-state index contributed by atoms with van der Waals surface area (Å²) >= 11 is 0. The summed E-state index contributed by atoms with van der Waals surface area (Å²) in [6, 6.07) is 14.8. The third kappa shape index (κ3) is 3.95. The fourth-order valence-corrected chi connectivity index (χ4v) is 3.40. The van der Waals surface area contributed by atoms with Crippen molar-refractivity contribution in [2.75, 3.05) is 12.4 Å². The van der Waals surface area contributed by atoms with Crippen LogP contribution < -0.4 is 26.8 Å². The lowest BCUT2D eigenvalue weighted by Gasteiger charge is -2.13. The molecule has 0 radical (unpaired) electrons. The monoisotopic (exact) mass is 407 g/mol. The number of aromatic amines is 2. The summed E-state index contributed by atoms with van der Waals surface area (Å²) in [6.45, 7) is 2.74. The molecule has 2 aromatic carbocycles. The van der Waals surface area contributed by atoms with Gasteiger partial charge in [0.15, 0.2) is 5.69 Å². The highest BCUT2D eigenvalue weighted by molar-refractivity contribution is 5.77. The fourth-order valence-electron chi connectivity index (χ4n) is 3.40. The number of hydrogen-bond acceptors (Lipinski definition) is 5. The van der Waals surface area contributed by atoms with E-state index >= 15 is 0 Å². The standard InChI is InChI=1S/C21H22N6O3/c1-2-19-23-17-6-4-3-5-16(17)21(29)26(19)11-12-30-15-9-7-14(8-10-15)13-18-20(28)25-27(22)24-18/h3-10H,2,11-13,22H2,1H3,(H,25,28)/p+1. The van der Waals surface area contributed by atoms with E-state index in [2.05, 4.69) is 15.2 Å². The molecule has 0 spiro atoms.